The molecule has 92 valence electrons. The number of rotatable bonds is 5. The van der Waals surface area contributed by atoms with Gasteiger partial charge in [0.15, 0.2) is 5.78 Å². The molecule has 18 heavy (non-hydrogen) atoms. The molecule has 2 aromatic carbocycles. The van der Waals surface area contributed by atoms with Gasteiger partial charge in [-0.3, -0.25) is 4.79 Å². The second-order valence-electron chi connectivity index (χ2n) is 3.84. The molecule has 0 fully saturated rings. The molecule has 2 aromatic rings. The van der Waals surface area contributed by atoms with Crippen LogP contribution in [0.25, 0.3) is 0 Å². The van der Waals surface area contributed by atoms with Crippen LogP contribution < -0.4 is 0 Å². The zero-order valence-electron chi connectivity index (χ0n) is 9.87. The molecule has 0 radical (unpaired) electrons. The second-order valence-corrected chi connectivity index (χ2v) is 4.86. The molecule has 0 aliphatic rings. The van der Waals surface area contributed by atoms with Crippen LogP contribution in [0.1, 0.15) is 15.9 Å². The molecule has 0 aliphatic carbocycles. The van der Waals surface area contributed by atoms with Crippen molar-refractivity contribution in [3.63, 3.8) is 0 Å². The van der Waals surface area contributed by atoms with Gasteiger partial charge in [0, 0.05) is 10.5 Å². The Hall–Kier alpha value is -1.58. The van der Waals surface area contributed by atoms with Crippen molar-refractivity contribution in [1.29, 1.82) is 0 Å². The van der Waals surface area contributed by atoms with E-state index in [9.17, 15) is 9.90 Å². The molecule has 0 aromatic heterocycles. The minimum absolute atomic E-state index is 0.00268. The van der Waals surface area contributed by atoms with Crippen LogP contribution in [0.3, 0.4) is 0 Å². The Kier molecular flexibility index (Phi) is 4.56. The van der Waals surface area contributed by atoms with Gasteiger partial charge < -0.3 is 5.11 Å². The first kappa shape index (κ1) is 12.9. The van der Waals surface area contributed by atoms with Crippen LogP contribution in [-0.2, 0) is 6.61 Å². The van der Waals surface area contributed by atoms with Crippen LogP contribution in [0.4, 0.5) is 0 Å². The predicted octanol–water partition coefficient (Wildman–Crippen LogP) is 3.15. The summed E-state index contributed by atoms with van der Waals surface area (Å²) in [6, 6.07) is 16.8. The molecular formula is C15H14O2S. The number of Topliss-reactive ketones (excluding diaryl/α,β-unsaturated/α-hetero) is 1. The van der Waals surface area contributed by atoms with E-state index in [0.29, 0.717) is 5.75 Å². The second kappa shape index (κ2) is 6.38. The zero-order chi connectivity index (χ0) is 12.8. The van der Waals surface area contributed by atoms with Crippen molar-refractivity contribution >= 4 is 17.5 Å². The van der Waals surface area contributed by atoms with Crippen molar-refractivity contribution in [1.82, 2.24) is 0 Å². The number of hydrogen-bond donors (Lipinski definition) is 1. The van der Waals surface area contributed by atoms with Gasteiger partial charge in [-0.2, -0.15) is 0 Å². The summed E-state index contributed by atoms with van der Waals surface area (Å²) in [5.41, 5.74) is 1.59. The lowest BCUT2D eigenvalue weighted by Gasteiger charge is -2.06. The number of aliphatic hydroxyl groups excluding tert-OH is 1. The first-order valence-corrected chi connectivity index (χ1v) is 6.69. The third-order valence-electron chi connectivity index (χ3n) is 2.60. The van der Waals surface area contributed by atoms with Crippen molar-refractivity contribution < 1.29 is 9.90 Å². The number of thioether (sulfide) groups is 1. The zero-order valence-corrected chi connectivity index (χ0v) is 10.7. The summed E-state index contributed by atoms with van der Waals surface area (Å²) < 4.78 is 0. The summed E-state index contributed by atoms with van der Waals surface area (Å²) >= 11 is 1.47. The molecule has 2 rings (SSSR count). The fraction of sp³-hybridized carbons (Fsp3) is 0.133. The average Bonchev–Trinajstić information content (AvgIpc) is 2.46. The number of benzene rings is 2. The first-order valence-electron chi connectivity index (χ1n) is 5.71. The van der Waals surface area contributed by atoms with Gasteiger partial charge in [0.2, 0.25) is 0 Å². The van der Waals surface area contributed by atoms with E-state index >= 15 is 0 Å². The average molecular weight is 258 g/mol. The van der Waals surface area contributed by atoms with Gasteiger partial charge in [0.05, 0.1) is 12.4 Å². The Morgan fingerprint density at radius 3 is 2.39 bits per heavy atom. The highest BCUT2D eigenvalue weighted by Crippen LogP contribution is 2.23. The van der Waals surface area contributed by atoms with Crippen molar-refractivity contribution in [2.45, 2.75) is 11.5 Å². The highest BCUT2D eigenvalue weighted by molar-refractivity contribution is 8.00. The topological polar surface area (TPSA) is 37.3 Å². The smallest absolute Gasteiger partial charge is 0.173 e. The maximum absolute atomic E-state index is 11.9. The van der Waals surface area contributed by atoms with Gasteiger partial charge in [-0.25, -0.2) is 0 Å². The summed E-state index contributed by atoms with van der Waals surface area (Å²) in [4.78, 5) is 12.9. The molecule has 0 amide bonds. The summed E-state index contributed by atoms with van der Waals surface area (Å²) in [5.74, 6) is 0.495. The van der Waals surface area contributed by atoms with Gasteiger partial charge in [-0.15, -0.1) is 11.8 Å². The van der Waals surface area contributed by atoms with Crippen LogP contribution in [-0.4, -0.2) is 16.6 Å². The minimum Gasteiger partial charge on any atom is -0.392 e. The lowest BCUT2D eigenvalue weighted by atomic mass is 10.2. The van der Waals surface area contributed by atoms with Crippen molar-refractivity contribution in [3.05, 3.63) is 65.7 Å². The van der Waals surface area contributed by atoms with Crippen molar-refractivity contribution in [2.24, 2.45) is 0 Å². The number of hydrogen-bond acceptors (Lipinski definition) is 3. The van der Waals surface area contributed by atoms with Gasteiger partial charge in [-0.1, -0.05) is 48.5 Å². The van der Waals surface area contributed by atoms with E-state index in [-0.39, 0.29) is 12.4 Å². The fourth-order valence-electron chi connectivity index (χ4n) is 1.63. The molecule has 0 unspecified atom stereocenters. The molecule has 1 N–H and O–H groups in total. The first-order chi connectivity index (χ1) is 8.81. The maximum atomic E-state index is 11.9. The minimum atomic E-state index is 0.00268. The van der Waals surface area contributed by atoms with Crippen LogP contribution in [0.15, 0.2) is 59.5 Å². The lowest BCUT2D eigenvalue weighted by Crippen LogP contribution is -2.02. The lowest BCUT2D eigenvalue weighted by molar-refractivity contribution is 0.102. The molecule has 0 atom stereocenters. The van der Waals surface area contributed by atoms with Gasteiger partial charge in [-0.05, 0) is 11.6 Å². The Balaban J connectivity index is 2.02. The summed E-state index contributed by atoms with van der Waals surface area (Å²) in [5, 5.41) is 9.20. The van der Waals surface area contributed by atoms with Crippen LogP contribution in [0, 0.1) is 0 Å². The van der Waals surface area contributed by atoms with E-state index in [1.165, 1.54) is 11.8 Å². The molecule has 0 spiro atoms. The Bertz CT molecular complexity index is 523. The molecule has 2 nitrogen and oxygen atoms in total. The van der Waals surface area contributed by atoms with Gasteiger partial charge in [0.1, 0.15) is 0 Å². The van der Waals surface area contributed by atoms with Gasteiger partial charge in [0.25, 0.3) is 0 Å². The Labute approximate surface area is 111 Å². The van der Waals surface area contributed by atoms with Crippen molar-refractivity contribution in [2.75, 3.05) is 5.75 Å². The SMILES string of the molecule is O=C(CSc1ccccc1CO)c1ccccc1. The Morgan fingerprint density at radius 1 is 1.00 bits per heavy atom. The third kappa shape index (κ3) is 3.22. The Morgan fingerprint density at radius 2 is 1.67 bits per heavy atom. The highest BCUT2D eigenvalue weighted by atomic mass is 32.2. The van der Waals surface area contributed by atoms with E-state index in [1.54, 1.807) is 0 Å². The van der Waals surface area contributed by atoms with E-state index in [2.05, 4.69) is 0 Å². The molecule has 0 saturated heterocycles. The largest absolute Gasteiger partial charge is 0.392 e. The quantitative estimate of drug-likeness (QED) is 0.661. The molecule has 3 heteroatoms. The molecule has 0 bridgehead atoms. The number of aliphatic hydroxyl groups is 1. The summed E-state index contributed by atoms with van der Waals surface area (Å²) in [6.07, 6.45) is 0. The predicted molar refractivity (Wildman–Crippen MR) is 73.9 cm³/mol. The highest BCUT2D eigenvalue weighted by Gasteiger charge is 2.07. The standard InChI is InChI=1S/C15H14O2S/c16-10-13-8-4-5-9-15(13)18-11-14(17)12-6-2-1-3-7-12/h1-9,16H,10-11H2. The van der Waals surface area contributed by atoms with Crippen LogP contribution in [0.5, 0.6) is 0 Å². The summed E-state index contributed by atoms with van der Waals surface area (Å²) in [7, 11) is 0. The maximum Gasteiger partial charge on any atom is 0.173 e. The van der Waals surface area contributed by atoms with E-state index in [4.69, 9.17) is 0 Å². The van der Waals surface area contributed by atoms with Crippen LogP contribution >= 0.6 is 11.8 Å². The number of carbonyl (C=O) groups is 1. The van der Waals surface area contributed by atoms with Crippen LogP contribution in [0.2, 0.25) is 0 Å². The third-order valence-corrected chi connectivity index (χ3v) is 3.71. The number of ketones is 1. The van der Waals surface area contributed by atoms with E-state index < -0.39 is 0 Å². The molecule has 0 aliphatic heterocycles. The number of carbonyl (C=O) groups excluding carboxylic acids is 1. The fourth-order valence-corrected chi connectivity index (χ4v) is 2.57. The van der Waals surface area contributed by atoms with E-state index in [1.807, 2.05) is 54.6 Å². The van der Waals surface area contributed by atoms with Crippen molar-refractivity contribution in [3.8, 4) is 0 Å². The molecular weight excluding hydrogens is 244 g/mol. The van der Waals surface area contributed by atoms with E-state index in [0.717, 1.165) is 16.0 Å². The normalized spacial score (nSPS) is 10.3. The molecule has 0 saturated carbocycles. The molecule has 0 heterocycles. The van der Waals surface area contributed by atoms with Gasteiger partial charge >= 0.3 is 0 Å². The monoisotopic (exact) mass is 258 g/mol. The summed E-state index contributed by atoms with van der Waals surface area (Å²) in [6.45, 7) is 0.00268.